The van der Waals surface area contributed by atoms with Crippen molar-refractivity contribution < 1.29 is 22.1 Å². The van der Waals surface area contributed by atoms with Crippen molar-refractivity contribution in [3.63, 3.8) is 0 Å². The lowest BCUT2D eigenvalue weighted by Gasteiger charge is -2.12. The molecule has 0 atom stereocenters. The van der Waals surface area contributed by atoms with Crippen molar-refractivity contribution in [2.24, 2.45) is 0 Å². The van der Waals surface area contributed by atoms with E-state index in [9.17, 15) is 18.0 Å². The molecule has 0 heterocycles. The monoisotopic (exact) mass is 373 g/mol. The Balaban J connectivity index is 2.21. The molecule has 0 aliphatic carbocycles. The number of halogens is 4. The number of hydrogen-bond donors (Lipinski definition) is 1. The lowest BCUT2D eigenvalue weighted by Crippen LogP contribution is -2.01. The summed E-state index contributed by atoms with van der Waals surface area (Å²) in [6.45, 7) is 5.01. The highest BCUT2D eigenvalue weighted by Gasteiger charge is 2.12. The second kappa shape index (κ2) is 7.63. The Labute approximate surface area is 145 Å². The summed E-state index contributed by atoms with van der Waals surface area (Å²) in [5.41, 5.74) is 0.835. The van der Waals surface area contributed by atoms with Gasteiger partial charge >= 0.3 is 5.97 Å². The van der Waals surface area contributed by atoms with Crippen LogP contribution in [-0.4, -0.2) is 5.97 Å². The molecule has 24 heavy (non-hydrogen) atoms. The molecule has 0 spiro atoms. The summed E-state index contributed by atoms with van der Waals surface area (Å²) in [7, 11) is 0. The first kappa shape index (κ1) is 18.2. The zero-order valence-electron chi connectivity index (χ0n) is 12.3. The van der Waals surface area contributed by atoms with Gasteiger partial charge in [-0.05, 0) is 17.7 Å². The van der Waals surface area contributed by atoms with E-state index >= 15 is 0 Å². The molecule has 0 aliphatic rings. The van der Waals surface area contributed by atoms with Crippen molar-refractivity contribution >= 4 is 41.0 Å². The van der Waals surface area contributed by atoms with Crippen molar-refractivity contribution in [3.05, 3.63) is 64.9 Å². The predicted octanol–water partition coefficient (Wildman–Crippen LogP) is 5.41. The van der Waals surface area contributed by atoms with Crippen LogP contribution < -0.4 is 5.32 Å². The Morgan fingerprint density at radius 3 is 2.42 bits per heavy atom. The number of hydrogen-bond acceptors (Lipinski definition) is 4. The minimum absolute atomic E-state index is 0.000499. The molecule has 2 aromatic carbocycles. The zero-order chi connectivity index (χ0) is 17.9. The van der Waals surface area contributed by atoms with Gasteiger partial charge < -0.3 is 9.50 Å². The Morgan fingerprint density at radius 1 is 1.21 bits per heavy atom. The number of benzene rings is 2. The quantitative estimate of drug-likeness (QED) is 0.561. The normalized spacial score (nSPS) is 10.4. The molecular formula is C16H11ClF3NO2S. The molecule has 0 fully saturated rings. The van der Waals surface area contributed by atoms with Crippen LogP contribution in [-0.2, 0) is 8.98 Å². The highest BCUT2D eigenvalue weighted by molar-refractivity contribution is 7.95. The molecule has 8 heteroatoms. The van der Waals surface area contributed by atoms with Crippen LogP contribution in [0, 0.1) is 17.5 Å². The summed E-state index contributed by atoms with van der Waals surface area (Å²) >= 11 is 6.78. The van der Waals surface area contributed by atoms with Gasteiger partial charge in [0, 0.05) is 30.4 Å². The second-order valence-electron chi connectivity index (χ2n) is 4.66. The van der Waals surface area contributed by atoms with E-state index in [1.807, 2.05) is 0 Å². The SMILES string of the molecule is C=C(Nc1cc(F)c(F)c(F)c1)c1ccc(Cl)c(SOC(C)=O)c1. The first-order valence-corrected chi connectivity index (χ1v) is 7.65. The van der Waals surface area contributed by atoms with E-state index in [0.717, 1.165) is 24.2 Å². The molecule has 2 aromatic rings. The van der Waals surface area contributed by atoms with Gasteiger partial charge in [-0.2, -0.15) is 0 Å². The van der Waals surface area contributed by atoms with Gasteiger partial charge in [-0.25, -0.2) is 13.2 Å². The van der Waals surface area contributed by atoms with Crippen LogP contribution >= 0.6 is 23.6 Å². The van der Waals surface area contributed by atoms with Crippen LogP contribution in [0.2, 0.25) is 5.02 Å². The zero-order valence-corrected chi connectivity index (χ0v) is 13.9. The fourth-order valence-corrected chi connectivity index (χ4v) is 2.47. The van der Waals surface area contributed by atoms with Gasteiger partial charge in [0.1, 0.15) is 0 Å². The fourth-order valence-electron chi connectivity index (χ4n) is 1.73. The Kier molecular flexibility index (Phi) is 5.80. The molecule has 0 amide bonds. The van der Waals surface area contributed by atoms with Gasteiger partial charge in [-0.1, -0.05) is 24.2 Å². The van der Waals surface area contributed by atoms with Gasteiger partial charge in [0.25, 0.3) is 0 Å². The molecule has 0 aliphatic heterocycles. The molecule has 0 bridgehead atoms. The average molecular weight is 374 g/mol. The smallest absolute Gasteiger partial charge is 0.315 e. The second-order valence-corrected chi connectivity index (χ2v) is 5.84. The highest BCUT2D eigenvalue weighted by atomic mass is 35.5. The summed E-state index contributed by atoms with van der Waals surface area (Å²) in [5.74, 6) is -4.66. The van der Waals surface area contributed by atoms with E-state index in [-0.39, 0.29) is 5.69 Å². The third kappa shape index (κ3) is 4.46. The lowest BCUT2D eigenvalue weighted by atomic mass is 10.1. The lowest BCUT2D eigenvalue weighted by molar-refractivity contribution is -0.130. The predicted molar refractivity (Wildman–Crippen MR) is 88.0 cm³/mol. The van der Waals surface area contributed by atoms with Crippen molar-refractivity contribution in [3.8, 4) is 0 Å². The van der Waals surface area contributed by atoms with Crippen LogP contribution in [0.25, 0.3) is 5.70 Å². The number of anilines is 1. The molecule has 0 saturated carbocycles. The summed E-state index contributed by atoms with van der Waals surface area (Å²) in [4.78, 5) is 11.3. The number of nitrogens with one attached hydrogen (secondary N) is 1. The van der Waals surface area contributed by atoms with E-state index in [2.05, 4.69) is 11.9 Å². The fraction of sp³-hybridized carbons (Fsp3) is 0.0625. The van der Waals surface area contributed by atoms with Gasteiger partial charge in [-0.3, -0.25) is 4.79 Å². The summed E-state index contributed by atoms with van der Waals surface area (Å²) in [5, 5.41) is 3.04. The summed E-state index contributed by atoms with van der Waals surface area (Å²) in [6.07, 6.45) is 0. The largest absolute Gasteiger partial charge is 0.386 e. The minimum atomic E-state index is -1.54. The number of rotatable bonds is 5. The number of carbonyl (C=O) groups is 1. The van der Waals surface area contributed by atoms with Crippen LogP contribution in [0.3, 0.4) is 0 Å². The Hall–Kier alpha value is -2.12. The molecule has 2 rings (SSSR count). The van der Waals surface area contributed by atoms with Gasteiger partial charge in [0.15, 0.2) is 17.5 Å². The Bertz CT molecular complexity index is 791. The molecular weight excluding hydrogens is 363 g/mol. The summed E-state index contributed by atoms with van der Waals surface area (Å²) in [6, 6.07) is 6.39. The standard InChI is InChI=1S/C16H11ClF3NO2S/c1-8(21-11-6-13(18)16(20)14(19)7-11)10-3-4-12(17)15(5-10)24-23-9(2)22/h3-7,21H,1H2,2H3. The first-order chi connectivity index (χ1) is 11.3. The molecule has 0 saturated heterocycles. The van der Waals surface area contributed by atoms with E-state index in [1.54, 1.807) is 18.2 Å². The molecule has 1 N–H and O–H groups in total. The third-order valence-corrected chi connectivity index (χ3v) is 4.08. The van der Waals surface area contributed by atoms with Crippen LogP contribution in [0.1, 0.15) is 12.5 Å². The maximum Gasteiger partial charge on any atom is 0.315 e. The Morgan fingerprint density at radius 2 is 1.83 bits per heavy atom. The molecule has 0 unspecified atom stereocenters. The van der Waals surface area contributed by atoms with E-state index in [0.29, 0.717) is 21.2 Å². The van der Waals surface area contributed by atoms with Crippen molar-refractivity contribution in [2.75, 3.05) is 5.32 Å². The van der Waals surface area contributed by atoms with Crippen molar-refractivity contribution in [1.29, 1.82) is 0 Å². The van der Waals surface area contributed by atoms with Crippen molar-refractivity contribution in [2.45, 2.75) is 11.8 Å². The van der Waals surface area contributed by atoms with E-state index in [1.165, 1.54) is 6.92 Å². The van der Waals surface area contributed by atoms with E-state index < -0.39 is 23.4 Å². The van der Waals surface area contributed by atoms with Gasteiger partial charge in [-0.15, -0.1) is 0 Å². The average Bonchev–Trinajstić information content (AvgIpc) is 2.51. The number of carbonyl (C=O) groups excluding carboxylic acids is 1. The summed E-state index contributed by atoms with van der Waals surface area (Å²) < 4.78 is 44.2. The van der Waals surface area contributed by atoms with Gasteiger partial charge in [0.05, 0.1) is 22.0 Å². The molecule has 3 nitrogen and oxygen atoms in total. The maximum atomic E-state index is 13.2. The minimum Gasteiger partial charge on any atom is -0.386 e. The topological polar surface area (TPSA) is 38.3 Å². The maximum absolute atomic E-state index is 13.2. The molecule has 0 aromatic heterocycles. The first-order valence-electron chi connectivity index (χ1n) is 6.53. The van der Waals surface area contributed by atoms with Crippen LogP contribution in [0.5, 0.6) is 0 Å². The third-order valence-electron chi connectivity index (χ3n) is 2.81. The van der Waals surface area contributed by atoms with Crippen molar-refractivity contribution in [1.82, 2.24) is 0 Å². The van der Waals surface area contributed by atoms with Gasteiger partial charge in [0.2, 0.25) is 0 Å². The van der Waals surface area contributed by atoms with Crippen LogP contribution in [0.4, 0.5) is 18.9 Å². The molecule has 126 valence electrons. The molecule has 0 radical (unpaired) electrons. The van der Waals surface area contributed by atoms with Crippen LogP contribution in [0.15, 0.2) is 41.8 Å². The highest BCUT2D eigenvalue weighted by Crippen LogP contribution is 2.31. The van der Waals surface area contributed by atoms with E-state index in [4.69, 9.17) is 15.8 Å².